The number of amides is 1. The van der Waals surface area contributed by atoms with Gasteiger partial charge in [-0.25, -0.2) is 9.79 Å². The van der Waals surface area contributed by atoms with E-state index in [-0.39, 0.29) is 18.9 Å². The van der Waals surface area contributed by atoms with Crippen molar-refractivity contribution in [3.63, 3.8) is 0 Å². The molecule has 0 spiro atoms. The van der Waals surface area contributed by atoms with Crippen molar-refractivity contribution in [3.05, 3.63) is 82.0 Å². The summed E-state index contributed by atoms with van der Waals surface area (Å²) < 4.78 is 22.4. The monoisotopic (exact) mass is 592 g/mol. The van der Waals surface area contributed by atoms with Crippen molar-refractivity contribution in [1.29, 1.82) is 0 Å². The number of morpholine rings is 1. The van der Waals surface area contributed by atoms with Crippen LogP contribution in [0.25, 0.3) is 0 Å². The molecule has 1 saturated heterocycles. The van der Waals surface area contributed by atoms with Crippen LogP contribution in [0.4, 0.5) is 0 Å². The summed E-state index contributed by atoms with van der Waals surface area (Å²) in [6, 6.07) is 14.4. The Kier molecular flexibility index (Phi) is 9.83. The van der Waals surface area contributed by atoms with Gasteiger partial charge in [0.1, 0.15) is 18.1 Å². The molecule has 5 rings (SSSR count). The molecule has 3 aliphatic heterocycles. The van der Waals surface area contributed by atoms with Gasteiger partial charge in [-0.1, -0.05) is 42.1 Å². The molecule has 11 heteroatoms. The molecule has 3 heterocycles. The molecule has 2 aromatic rings. The van der Waals surface area contributed by atoms with Crippen molar-refractivity contribution in [1.82, 2.24) is 15.1 Å². The van der Waals surface area contributed by atoms with Gasteiger partial charge in [-0.3, -0.25) is 9.69 Å². The number of esters is 1. The zero-order chi connectivity index (χ0) is 29.5. The van der Waals surface area contributed by atoms with Crippen molar-refractivity contribution in [2.75, 3.05) is 53.6 Å². The van der Waals surface area contributed by atoms with Gasteiger partial charge in [-0.15, -0.1) is 0 Å². The second kappa shape index (κ2) is 13.9. The van der Waals surface area contributed by atoms with E-state index in [0.29, 0.717) is 47.7 Å². The van der Waals surface area contributed by atoms with Crippen molar-refractivity contribution in [3.8, 4) is 11.5 Å². The van der Waals surface area contributed by atoms with Gasteiger partial charge in [-0.05, 0) is 30.0 Å². The fraction of sp³-hybridized carbons (Fsp3) is 0.387. The van der Waals surface area contributed by atoms with Gasteiger partial charge in [0.05, 0.1) is 51.2 Å². The SMILES string of the molecule is COc1ccc([C@@H]2C(C(=O)OCc3ccccc3)=C(C)N=C3SC=C(CC(=O)NCCN4CCOCC4)N32)c(OC)c1. The number of carbonyl (C=O) groups is 2. The smallest absolute Gasteiger partial charge is 0.338 e. The Morgan fingerprint density at radius 1 is 1.10 bits per heavy atom. The number of fused-ring (bicyclic) bond motifs is 1. The highest BCUT2D eigenvalue weighted by molar-refractivity contribution is 8.16. The lowest BCUT2D eigenvalue weighted by Gasteiger charge is -2.36. The van der Waals surface area contributed by atoms with E-state index >= 15 is 0 Å². The maximum atomic E-state index is 13.7. The number of hydrogen-bond donors (Lipinski definition) is 1. The molecule has 0 saturated carbocycles. The van der Waals surface area contributed by atoms with Gasteiger partial charge < -0.3 is 29.2 Å². The minimum atomic E-state index is -0.621. The van der Waals surface area contributed by atoms with E-state index < -0.39 is 12.0 Å². The molecule has 0 bridgehead atoms. The number of allylic oxidation sites excluding steroid dienone is 1. The molecule has 1 atom stereocenters. The van der Waals surface area contributed by atoms with Crippen LogP contribution in [0.1, 0.15) is 30.5 Å². The van der Waals surface area contributed by atoms with Crippen LogP contribution in [0, 0.1) is 0 Å². The van der Waals surface area contributed by atoms with Crippen LogP contribution in [0.5, 0.6) is 11.5 Å². The Labute approximate surface area is 250 Å². The van der Waals surface area contributed by atoms with Crippen LogP contribution in [0.2, 0.25) is 0 Å². The summed E-state index contributed by atoms with van der Waals surface area (Å²) >= 11 is 1.43. The zero-order valence-corrected chi connectivity index (χ0v) is 24.9. The molecule has 0 aliphatic carbocycles. The number of benzene rings is 2. The van der Waals surface area contributed by atoms with Crippen molar-refractivity contribution in [2.45, 2.75) is 26.0 Å². The highest BCUT2D eigenvalue weighted by Gasteiger charge is 2.42. The highest BCUT2D eigenvalue weighted by Crippen LogP contribution is 2.47. The lowest BCUT2D eigenvalue weighted by atomic mass is 9.93. The van der Waals surface area contributed by atoms with Crippen molar-refractivity contribution in [2.24, 2.45) is 4.99 Å². The summed E-state index contributed by atoms with van der Waals surface area (Å²) in [5.41, 5.74) is 3.30. The molecular formula is C31H36N4O6S. The first kappa shape index (κ1) is 29.7. The number of carbonyl (C=O) groups excluding carboxylic acids is 2. The molecule has 42 heavy (non-hydrogen) atoms. The second-order valence-corrected chi connectivity index (χ2v) is 10.9. The Morgan fingerprint density at radius 2 is 1.88 bits per heavy atom. The number of thioether (sulfide) groups is 1. The molecule has 2 aromatic carbocycles. The molecule has 0 aromatic heterocycles. The van der Waals surface area contributed by atoms with Crippen LogP contribution in [0.3, 0.4) is 0 Å². The Hall–Kier alpha value is -3.80. The van der Waals surface area contributed by atoms with Crippen LogP contribution >= 0.6 is 11.8 Å². The van der Waals surface area contributed by atoms with Gasteiger partial charge in [-0.2, -0.15) is 0 Å². The summed E-state index contributed by atoms with van der Waals surface area (Å²) in [5.74, 6) is 0.595. The van der Waals surface area contributed by atoms with Gasteiger partial charge in [0.25, 0.3) is 0 Å². The molecule has 222 valence electrons. The number of amidine groups is 1. The summed E-state index contributed by atoms with van der Waals surface area (Å²) in [5, 5.41) is 5.65. The lowest BCUT2D eigenvalue weighted by Crippen LogP contribution is -2.42. The number of methoxy groups -OCH3 is 2. The first-order valence-electron chi connectivity index (χ1n) is 13.9. The number of hydrogen-bond acceptors (Lipinski definition) is 10. The third-order valence-electron chi connectivity index (χ3n) is 7.36. The Morgan fingerprint density at radius 3 is 2.62 bits per heavy atom. The largest absolute Gasteiger partial charge is 0.497 e. The van der Waals surface area contributed by atoms with Crippen LogP contribution < -0.4 is 14.8 Å². The van der Waals surface area contributed by atoms with E-state index in [1.807, 2.05) is 59.7 Å². The Balaban J connectivity index is 1.40. The molecule has 0 radical (unpaired) electrons. The summed E-state index contributed by atoms with van der Waals surface area (Å²) in [7, 11) is 3.17. The van der Waals surface area contributed by atoms with Gasteiger partial charge in [0.2, 0.25) is 5.91 Å². The first-order chi connectivity index (χ1) is 20.5. The van der Waals surface area contributed by atoms with Crippen molar-refractivity contribution >= 4 is 28.8 Å². The zero-order valence-electron chi connectivity index (χ0n) is 24.1. The predicted molar refractivity (Wildman–Crippen MR) is 161 cm³/mol. The van der Waals surface area contributed by atoms with Gasteiger partial charge >= 0.3 is 5.97 Å². The van der Waals surface area contributed by atoms with E-state index in [9.17, 15) is 9.59 Å². The molecule has 1 fully saturated rings. The summed E-state index contributed by atoms with van der Waals surface area (Å²) in [6.07, 6.45) is 0.134. The number of nitrogens with one attached hydrogen (secondary N) is 1. The third kappa shape index (κ3) is 6.80. The average molecular weight is 593 g/mol. The lowest BCUT2D eigenvalue weighted by molar-refractivity contribution is -0.141. The van der Waals surface area contributed by atoms with E-state index in [1.54, 1.807) is 20.3 Å². The topological polar surface area (TPSA) is 102 Å². The van der Waals surface area contributed by atoms with Gasteiger partial charge in [0, 0.05) is 43.5 Å². The maximum absolute atomic E-state index is 13.7. The summed E-state index contributed by atoms with van der Waals surface area (Å²) in [4.78, 5) is 35.8. The van der Waals surface area contributed by atoms with Gasteiger partial charge in [0.15, 0.2) is 5.17 Å². The van der Waals surface area contributed by atoms with Crippen molar-refractivity contribution < 1.29 is 28.5 Å². The number of rotatable bonds is 11. The van der Waals surface area contributed by atoms with E-state index in [0.717, 1.165) is 36.5 Å². The minimum Gasteiger partial charge on any atom is -0.497 e. The normalized spacial score (nSPS) is 18.6. The minimum absolute atomic E-state index is 0.101. The quantitative estimate of drug-likeness (QED) is 0.390. The third-order valence-corrected chi connectivity index (χ3v) is 8.25. The molecule has 10 nitrogen and oxygen atoms in total. The van der Waals surface area contributed by atoms with Crippen LogP contribution in [-0.2, 0) is 25.7 Å². The fourth-order valence-corrected chi connectivity index (χ4v) is 6.14. The molecular weight excluding hydrogens is 556 g/mol. The number of aliphatic imine (C=N–C) groups is 1. The first-order valence-corrected chi connectivity index (χ1v) is 14.8. The van der Waals surface area contributed by atoms with E-state index in [2.05, 4.69) is 10.2 Å². The average Bonchev–Trinajstić information content (AvgIpc) is 3.41. The number of nitrogens with zero attached hydrogens (tertiary/aromatic N) is 3. The van der Waals surface area contributed by atoms with Crippen LogP contribution in [0.15, 0.2) is 75.9 Å². The second-order valence-electron chi connectivity index (χ2n) is 10.0. The highest BCUT2D eigenvalue weighted by atomic mass is 32.2. The molecule has 1 N–H and O–H groups in total. The molecule has 1 amide bonds. The predicted octanol–water partition coefficient (Wildman–Crippen LogP) is 3.86. The maximum Gasteiger partial charge on any atom is 0.338 e. The summed E-state index contributed by atoms with van der Waals surface area (Å²) in [6.45, 7) is 6.42. The molecule has 0 unspecified atom stereocenters. The standard InChI is InChI=1S/C31H36N4O6S/c1-21-28(30(37)41-19-22-7-5-4-6-8-22)29(25-10-9-24(38-2)18-26(25)39-3)35-23(20-42-31(35)33-21)17-27(36)32-11-12-34-13-15-40-16-14-34/h4-10,18,20,29H,11-17,19H2,1-3H3,(H,32,36)/t29-/m1/s1. The Bertz CT molecular complexity index is 1390. The number of ether oxygens (including phenoxy) is 4. The van der Waals surface area contributed by atoms with E-state index in [4.69, 9.17) is 23.9 Å². The van der Waals surface area contributed by atoms with Crippen LogP contribution in [-0.4, -0.2) is 80.5 Å². The molecule has 3 aliphatic rings. The van der Waals surface area contributed by atoms with E-state index in [1.165, 1.54) is 11.8 Å². The fourth-order valence-electron chi connectivity index (χ4n) is 5.18.